The number of aromatic nitrogens is 1. The number of para-hydroxylation sites is 1. The Morgan fingerprint density at radius 3 is 2.29 bits per heavy atom. The lowest BCUT2D eigenvalue weighted by Crippen LogP contribution is -2.50. The third-order valence-electron chi connectivity index (χ3n) is 5.00. The highest BCUT2D eigenvalue weighted by molar-refractivity contribution is 6.30. The summed E-state index contributed by atoms with van der Waals surface area (Å²) >= 11 is 5.99. The molecule has 0 unspecified atom stereocenters. The van der Waals surface area contributed by atoms with E-state index in [1.165, 1.54) is 0 Å². The molecule has 2 heterocycles. The first-order valence-corrected chi connectivity index (χ1v) is 9.61. The summed E-state index contributed by atoms with van der Waals surface area (Å²) in [6.45, 7) is 3.89. The van der Waals surface area contributed by atoms with Crippen LogP contribution in [0.2, 0.25) is 5.02 Å². The van der Waals surface area contributed by atoms with Gasteiger partial charge in [0.15, 0.2) is 0 Å². The van der Waals surface area contributed by atoms with Crippen LogP contribution in [0.5, 0.6) is 0 Å². The molecule has 142 valence electrons. The number of carbonyl (C=O) groups excluding carboxylic acids is 2. The fourth-order valence-electron chi connectivity index (χ4n) is 3.57. The van der Waals surface area contributed by atoms with Crippen LogP contribution in [0, 0.1) is 6.92 Å². The van der Waals surface area contributed by atoms with Crippen LogP contribution in [0.15, 0.2) is 54.6 Å². The summed E-state index contributed by atoms with van der Waals surface area (Å²) in [5.74, 6) is -0.0728. The number of hydrogen-bond donors (Lipinski definition) is 0. The quantitative estimate of drug-likeness (QED) is 0.665. The molecule has 28 heavy (non-hydrogen) atoms. The van der Waals surface area contributed by atoms with Crippen LogP contribution >= 0.6 is 11.6 Å². The van der Waals surface area contributed by atoms with E-state index in [2.05, 4.69) is 4.98 Å². The lowest BCUT2D eigenvalue weighted by Gasteiger charge is -2.35. The molecular formula is C22H20ClN3O2. The van der Waals surface area contributed by atoms with E-state index >= 15 is 0 Å². The number of pyridine rings is 1. The maximum absolute atomic E-state index is 13.1. The minimum atomic E-state index is -0.0557. The average Bonchev–Trinajstić information content (AvgIpc) is 2.72. The maximum atomic E-state index is 13.1. The van der Waals surface area contributed by atoms with Gasteiger partial charge < -0.3 is 9.80 Å². The second-order valence-electron chi connectivity index (χ2n) is 6.92. The summed E-state index contributed by atoms with van der Waals surface area (Å²) in [5.41, 5.74) is 2.87. The van der Waals surface area contributed by atoms with Crippen molar-refractivity contribution in [3.05, 3.63) is 76.4 Å². The first-order valence-electron chi connectivity index (χ1n) is 9.23. The molecule has 0 spiro atoms. The van der Waals surface area contributed by atoms with Crippen molar-refractivity contribution < 1.29 is 9.59 Å². The maximum Gasteiger partial charge on any atom is 0.254 e. The third-order valence-corrected chi connectivity index (χ3v) is 5.24. The highest BCUT2D eigenvalue weighted by Crippen LogP contribution is 2.21. The van der Waals surface area contributed by atoms with Crippen molar-refractivity contribution in [3.63, 3.8) is 0 Å². The van der Waals surface area contributed by atoms with Gasteiger partial charge in [0, 0.05) is 47.8 Å². The number of hydrogen-bond acceptors (Lipinski definition) is 3. The van der Waals surface area contributed by atoms with Gasteiger partial charge in [-0.1, -0.05) is 35.9 Å². The predicted octanol–water partition coefficient (Wildman–Crippen LogP) is 3.79. The number of amides is 2. The Kier molecular flexibility index (Phi) is 5.01. The zero-order valence-corrected chi connectivity index (χ0v) is 16.3. The van der Waals surface area contributed by atoms with Crippen molar-refractivity contribution in [1.29, 1.82) is 0 Å². The lowest BCUT2D eigenvalue weighted by atomic mass is 10.1. The molecule has 1 aliphatic rings. The number of carbonyl (C=O) groups is 2. The van der Waals surface area contributed by atoms with Gasteiger partial charge >= 0.3 is 0 Å². The summed E-state index contributed by atoms with van der Waals surface area (Å²) in [7, 11) is 0. The second-order valence-corrected chi connectivity index (χ2v) is 7.36. The third kappa shape index (κ3) is 3.58. The van der Waals surface area contributed by atoms with Crippen molar-refractivity contribution in [1.82, 2.24) is 14.8 Å². The molecular weight excluding hydrogens is 374 g/mol. The summed E-state index contributed by atoms with van der Waals surface area (Å²) in [5, 5.41) is 1.40. The molecule has 0 atom stereocenters. The van der Waals surface area contributed by atoms with Gasteiger partial charge in [0.25, 0.3) is 11.8 Å². The van der Waals surface area contributed by atoms with Crippen molar-refractivity contribution in [3.8, 4) is 0 Å². The van der Waals surface area contributed by atoms with Crippen LogP contribution in [-0.4, -0.2) is 52.8 Å². The second kappa shape index (κ2) is 7.60. The zero-order chi connectivity index (χ0) is 19.7. The number of benzene rings is 2. The molecule has 1 fully saturated rings. The van der Waals surface area contributed by atoms with Crippen LogP contribution in [0.25, 0.3) is 10.9 Å². The van der Waals surface area contributed by atoms with Gasteiger partial charge in [-0.3, -0.25) is 14.6 Å². The fourth-order valence-corrected chi connectivity index (χ4v) is 3.76. The van der Waals surface area contributed by atoms with Gasteiger partial charge in [-0.25, -0.2) is 0 Å². The molecule has 1 aliphatic heterocycles. The lowest BCUT2D eigenvalue weighted by molar-refractivity contribution is 0.0536. The largest absolute Gasteiger partial charge is 0.335 e. The highest BCUT2D eigenvalue weighted by atomic mass is 35.5. The van der Waals surface area contributed by atoms with Crippen LogP contribution in [0.3, 0.4) is 0 Å². The first-order chi connectivity index (χ1) is 13.5. The standard InChI is InChI=1S/C22H20ClN3O2/c1-15-13-19(18-7-2-3-8-20(18)24-15)22(28)26-11-9-25(10-12-26)21(27)16-5-4-6-17(23)14-16/h2-8,13-14H,9-12H2,1H3. The van der Waals surface area contributed by atoms with Gasteiger partial charge in [0.05, 0.1) is 11.1 Å². The van der Waals surface area contributed by atoms with Gasteiger partial charge in [0.2, 0.25) is 0 Å². The number of piperazine rings is 1. The molecule has 3 aromatic rings. The smallest absolute Gasteiger partial charge is 0.254 e. The molecule has 5 nitrogen and oxygen atoms in total. The Balaban J connectivity index is 1.50. The van der Waals surface area contributed by atoms with Crippen molar-refractivity contribution in [2.75, 3.05) is 26.2 Å². The van der Waals surface area contributed by atoms with Gasteiger partial charge in [0.1, 0.15) is 0 Å². The molecule has 0 aliphatic carbocycles. The molecule has 1 saturated heterocycles. The fraction of sp³-hybridized carbons (Fsp3) is 0.227. The van der Waals surface area contributed by atoms with E-state index in [0.29, 0.717) is 42.3 Å². The number of aryl methyl sites for hydroxylation is 1. The van der Waals surface area contributed by atoms with Crippen molar-refractivity contribution in [2.45, 2.75) is 6.92 Å². The molecule has 0 N–H and O–H groups in total. The van der Waals surface area contributed by atoms with Gasteiger partial charge in [-0.2, -0.15) is 0 Å². The number of fused-ring (bicyclic) bond motifs is 1. The Bertz CT molecular complexity index is 1060. The molecule has 2 amide bonds. The van der Waals surface area contributed by atoms with Gasteiger partial charge in [-0.15, -0.1) is 0 Å². The number of rotatable bonds is 2. The molecule has 1 aromatic heterocycles. The van der Waals surface area contributed by atoms with Crippen molar-refractivity contribution in [2.24, 2.45) is 0 Å². The number of halogens is 1. The molecule has 6 heteroatoms. The molecule has 0 saturated carbocycles. The minimum absolute atomic E-state index is 0.0171. The van der Waals surface area contributed by atoms with Crippen molar-refractivity contribution >= 4 is 34.3 Å². The van der Waals surface area contributed by atoms with Crippen LogP contribution in [-0.2, 0) is 0 Å². The summed E-state index contributed by atoms with van der Waals surface area (Å²) in [6.07, 6.45) is 0. The summed E-state index contributed by atoms with van der Waals surface area (Å²) in [4.78, 5) is 33.9. The van der Waals surface area contributed by atoms with E-state index in [9.17, 15) is 9.59 Å². The predicted molar refractivity (Wildman–Crippen MR) is 110 cm³/mol. The molecule has 2 aromatic carbocycles. The Labute approximate surface area is 168 Å². The van der Waals surface area contributed by atoms with Crippen LogP contribution < -0.4 is 0 Å². The van der Waals surface area contributed by atoms with E-state index < -0.39 is 0 Å². The zero-order valence-electron chi connectivity index (χ0n) is 15.6. The Morgan fingerprint density at radius 2 is 1.57 bits per heavy atom. The van der Waals surface area contributed by atoms with E-state index in [4.69, 9.17) is 11.6 Å². The monoisotopic (exact) mass is 393 g/mol. The molecule has 0 radical (unpaired) electrons. The SMILES string of the molecule is Cc1cc(C(=O)N2CCN(C(=O)c3cccc(Cl)c3)CC2)c2ccccc2n1. The average molecular weight is 394 g/mol. The topological polar surface area (TPSA) is 53.5 Å². The minimum Gasteiger partial charge on any atom is -0.335 e. The van der Waals surface area contributed by atoms with Gasteiger partial charge in [-0.05, 0) is 37.3 Å². The number of nitrogens with zero attached hydrogens (tertiary/aromatic N) is 3. The first kappa shape index (κ1) is 18.4. The Hall–Kier alpha value is -2.92. The van der Waals surface area contributed by atoms with E-state index in [0.717, 1.165) is 16.6 Å². The van der Waals surface area contributed by atoms with E-state index in [1.54, 1.807) is 29.2 Å². The summed E-state index contributed by atoms with van der Waals surface area (Å²) in [6, 6.07) is 16.5. The Morgan fingerprint density at radius 1 is 0.893 bits per heavy atom. The van der Waals surface area contributed by atoms with Crippen LogP contribution in [0.1, 0.15) is 26.4 Å². The van der Waals surface area contributed by atoms with E-state index in [-0.39, 0.29) is 11.8 Å². The highest BCUT2D eigenvalue weighted by Gasteiger charge is 2.26. The molecule has 0 bridgehead atoms. The van der Waals surface area contributed by atoms with E-state index in [1.807, 2.05) is 42.2 Å². The summed E-state index contributed by atoms with van der Waals surface area (Å²) < 4.78 is 0. The van der Waals surface area contributed by atoms with Crippen LogP contribution in [0.4, 0.5) is 0 Å². The molecule has 4 rings (SSSR count). The normalized spacial score (nSPS) is 14.4.